The van der Waals surface area contributed by atoms with Gasteiger partial charge in [-0.05, 0) is 65.4 Å². The third-order valence-corrected chi connectivity index (χ3v) is 5.42. The first-order valence-electron chi connectivity index (χ1n) is 11.6. The number of hydrogen-bond acceptors (Lipinski definition) is 5. The maximum absolute atomic E-state index is 12.7. The molecule has 5 heteroatoms. The quantitative estimate of drug-likeness (QED) is 0.320. The lowest BCUT2D eigenvalue weighted by molar-refractivity contribution is -0.118. The molecule has 0 atom stereocenters. The van der Waals surface area contributed by atoms with E-state index in [1.165, 1.54) is 6.20 Å². The summed E-state index contributed by atoms with van der Waals surface area (Å²) in [7, 11) is 0. The average Bonchev–Trinajstić information content (AvgIpc) is 2.86. The summed E-state index contributed by atoms with van der Waals surface area (Å²) in [5.74, 6) is -0.102. The Bertz CT molecular complexity index is 1210. The van der Waals surface area contributed by atoms with Crippen molar-refractivity contribution in [1.82, 2.24) is 4.98 Å². The molecule has 1 heterocycles. The topological polar surface area (TPSA) is 73.3 Å². The van der Waals surface area contributed by atoms with Crippen molar-refractivity contribution in [2.45, 2.75) is 46.5 Å². The van der Waals surface area contributed by atoms with Gasteiger partial charge in [-0.25, -0.2) is 4.79 Å². The van der Waals surface area contributed by atoms with E-state index in [-0.39, 0.29) is 18.0 Å². The molecule has 1 aromatic heterocycles. The van der Waals surface area contributed by atoms with E-state index < -0.39 is 5.97 Å². The van der Waals surface area contributed by atoms with Gasteiger partial charge >= 0.3 is 5.97 Å². The number of ketones is 2. The second-order valence-corrected chi connectivity index (χ2v) is 7.78. The van der Waals surface area contributed by atoms with E-state index in [9.17, 15) is 14.4 Å². The number of fused-ring (bicyclic) bond motifs is 1. The van der Waals surface area contributed by atoms with Gasteiger partial charge in [-0.15, -0.1) is 0 Å². The summed E-state index contributed by atoms with van der Waals surface area (Å²) in [6.07, 6.45) is 6.73. The molecule has 0 saturated heterocycles. The minimum Gasteiger partial charge on any atom is -0.423 e. The number of Topliss-reactive ketones (excluding diaryl/α,β-unsaturated/α-hetero) is 1. The standard InChI is InChI=1S/C27H23NO4.C2H6/c1-2-6-22(29)14-21-15-23(32-27(31)19-8-5-12-28-17-19)10-11-24(21)20-13-18-7-3-4-9-25(18)26(30)16-20;1-2/h3-5,7-12,15-17H,2,6,13-14H2,1H3;1-2H3. The molecule has 2 aromatic carbocycles. The van der Waals surface area contributed by atoms with E-state index in [1.807, 2.05) is 51.1 Å². The Hall–Kier alpha value is -3.86. The highest BCUT2D eigenvalue weighted by Crippen LogP contribution is 2.32. The zero-order valence-corrected chi connectivity index (χ0v) is 19.8. The number of esters is 1. The van der Waals surface area contributed by atoms with Crippen molar-refractivity contribution in [3.8, 4) is 5.75 Å². The summed E-state index contributed by atoms with van der Waals surface area (Å²) in [5.41, 5.74) is 4.46. The second kappa shape index (κ2) is 11.8. The first-order valence-corrected chi connectivity index (χ1v) is 11.6. The molecule has 4 rings (SSSR count). The van der Waals surface area contributed by atoms with Crippen LogP contribution in [0.1, 0.15) is 71.0 Å². The molecule has 1 aliphatic rings. The van der Waals surface area contributed by atoms with Gasteiger partial charge < -0.3 is 4.74 Å². The Morgan fingerprint density at radius 2 is 1.79 bits per heavy atom. The minimum atomic E-state index is -0.516. The number of ether oxygens (including phenoxy) is 1. The predicted octanol–water partition coefficient (Wildman–Crippen LogP) is 6.06. The van der Waals surface area contributed by atoms with Crippen LogP contribution >= 0.6 is 0 Å². The van der Waals surface area contributed by atoms with Crippen LogP contribution in [0.25, 0.3) is 5.57 Å². The van der Waals surface area contributed by atoms with E-state index in [0.29, 0.717) is 29.7 Å². The molecule has 0 spiro atoms. The highest BCUT2D eigenvalue weighted by molar-refractivity contribution is 6.12. The molecule has 34 heavy (non-hydrogen) atoms. The van der Waals surface area contributed by atoms with Crippen molar-refractivity contribution in [1.29, 1.82) is 0 Å². The lowest BCUT2D eigenvalue weighted by Gasteiger charge is -2.19. The Morgan fingerprint density at radius 3 is 2.53 bits per heavy atom. The monoisotopic (exact) mass is 455 g/mol. The first-order chi connectivity index (χ1) is 16.5. The smallest absolute Gasteiger partial charge is 0.345 e. The van der Waals surface area contributed by atoms with Crippen molar-refractivity contribution in [2.24, 2.45) is 0 Å². The molecular formula is C29H29NO4. The maximum atomic E-state index is 12.7. The Morgan fingerprint density at radius 1 is 1.00 bits per heavy atom. The van der Waals surface area contributed by atoms with E-state index in [1.54, 1.807) is 36.5 Å². The lowest BCUT2D eigenvalue weighted by atomic mass is 9.85. The van der Waals surface area contributed by atoms with Gasteiger partial charge in [0.15, 0.2) is 5.78 Å². The zero-order valence-electron chi connectivity index (χ0n) is 19.8. The number of benzene rings is 2. The molecule has 0 saturated carbocycles. The fraction of sp³-hybridized carbons (Fsp3) is 0.241. The van der Waals surface area contributed by atoms with Gasteiger partial charge in [0.05, 0.1) is 5.56 Å². The van der Waals surface area contributed by atoms with E-state index >= 15 is 0 Å². The number of rotatable bonds is 7. The molecule has 0 radical (unpaired) electrons. The lowest BCUT2D eigenvalue weighted by Crippen LogP contribution is -2.13. The summed E-state index contributed by atoms with van der Waals surface area (Å²) in [6, 6.07) is 16.1. The molecule has 5 nitrogen and oxygen atoms in total. The van der Waals surface area contributed by atoms with Gasteiger partial charge in [0.25, 0.3) is 0 Å². The number of pyridine rings is 1. The highest BCUT2D eigenvalue weighted by Gasteiger charge is 2.21. The number of nitrogens with zero attached hydrogens (tertiary/aromatic N) is 1. The predicted molar refractivity (Wildman–Crippen MR) is 133 cm³/mol. The Kier molecular flexibility index (Phi) is 8.63. The van der Waals surface area contributed by atoms with Crippen molar-refractivity contribution in [2.75, 3.05) is 0 Å². The second-order valence-electron chi connectivity index (χ2n) is 7.78. The van der Waals surface area contributed by atoms with Crippen LogP contribution in [-0.4, -0.2) is 22.5 Å². The molecule has 0 aliphatic heterocycles. The molecule has 0 bridgehead atoms. The third kappa shape index (κ3) is 5.93. The van der Waals surface area contributed by atoms with Crippen LogP contribution in [0.2, 0.25) is 0 Å². The van der Waals surface area contributed by atoms with Gasteiger partial charge in [0.1, 0.15) is 11.5 Å². The van der Waals surface area contributed by atoms with Gasteiger partial charge in [0.2, 0.25) is 0 Å². The molecule has 1 aliphatic carbocycles. The first kappa shape index (κ1) is 24.8. The van der Waals surface area contributed by atoms with E-state index in [0.717, 1.165) is 28.7 Å². The summed E-state index contributed by atoms with van der Waals surface area (Å²) in [4.78, 5) is 41.5. The van der Waals surface area contributed by atoms with Gasteiger partial charge in [-0.1, -0.05) is 51.1 Å². The normalized spacial score (nSPS) is 12.1. The van der Waals surface area contributed by atoms with E-state index in [2.05, 4.69) is 4.98 Å². The molecule has 0 amide bonds. The van der Waals surface area contributed by atoms with Crippen LogP contribution < -0.4 is 4.74 Å². The van der Waals surface area contributed by atoms with Gasteiger partial charge in [-0.2, -0.15) is 0 Å². The largest absolute Gasteiger partial charge is 0.423 e. The average molecular weight is 456 g/mol. The van der Waals surface area contributed by atoms with Crippen molar-refractivity contribution >= 4 is 23.1 Å². The van der Waals surface area contributed by atoms with Crippen molar-refractivity contribution < 1.29 is 19.1 Å². The fourth-order valence-corrected chi connectivity index (χ4v) is 3.90. The minimum absolute atomic E-state index is 0.0419. The molecule has 3 aromatic rings. The number of aromatic nitrogens is 1. The Labute approximate surface area is 200 Å². The molecule has 174 valence electrons. The van der Waals surface area contributed by atoms with Crippen molar-refractivity contribution in [3.05, 3.63) is 101 Å². The maximum Gasteiger partial charge on any atom is 0.345 e. The molecule has 0 fully saturated rings. The number of hydrogen-bond donors (Lipinski definition) is 0. The number of carbonyl (C=O) groups excluding carboxylic acids is 3. The highest BCUT2D eigenvalue weighted by atomic mass is 16.5. The Balaban J connectivity index is 0.00000158. The van der Waals surface area contributed by atoms with Crippen LogP contribution in [0, 0.1) is 0 Å². The molecule has 0 unspecified atom stereocenters. The van der Waals surface area contributed by atoms with Gasteiger partial charge in [0, 0.05) is 30.8 Å². The van der Waals surface area contributed by atoms with Crippen LogP contribution in [0.15, 0.2) is 73.1 Å². The van der Waals surface area contributed by atoms with Crippen LogP contribution in [0.3, 0.4) is 0 Å². The van der Waals surface area contributed by atoms with Crippen LogP contribution in [0.4, 0.5) is 0 Å². The van der Waals surface area contributed by atoms with Crippen LogP contribution in [0.5, 0.6) is 5.75 Å². The number of carbonyl (C=O) groups is 3. The van der Waals surface area contributed by atoms with Crippen molar-refractivity contribution in [3.63, 3.8) is 0 Å². The SMILES string of the molecule is CC.CCCC(=O)Cc1cc(OC(=O)c2cccnc2)ccc1C1=CC(=O)c2ccccc2C1. The van der Waals surface area contributed by atoms with Crippen LogP contribution in [-0.2, 0) is 17.6 Å². The van der Waals surface area contributed by atoms with Gasteiger partial charge in [-0.3, -0.25) is 14.6 Å². The zero-order chi connectivity index (χ0) is 24.5. The summed E-state index contributed by atoms with van der Waals surface area (Å²) in [6.45, 7) is 5.96. The molecular weight excluding hydrogens is 426 g/mol. The summed E-state index contributed by atoms with van der Waals surface area (Å²) < 4.78 is 5.53. The summed E-state index contributed by atoms with van der Waals surface area (Å²) >= 11 is 0. The van der Waals surface area contributed by atoms with E-state index in [4.69, 9.17) is 4.74 Å². The third-order valence-electron chi connectivity index (χ3n) is 5.42. The summed E-state index contributed by atoms with van der Waals surface area (Å²) in [5, 5.41) is 0. The fourth-order valence-electron chi connectivity index (χ4n) is 3.90. The molecule has 0 N–H and O–H groups in total. The number of allylic oxidation sites excluding steroid dienone is 2.